The fourth-order valence-electron chi connectivity index (χ4n) is 2.89. The topological polar surface area (TPSA) is 50.3 Å². The smallest absolute Gasteiger partial charge is 0.134 e. The number of aromatic nitrogens is 2. The Kier molecular flexibility index (Phi) is 4.62. The highest BCUT2D eigenvalue weighted by molar-refractivity contribution is 7.99. The van der Waals surface area contributed by atoms with Crippen LogP contribution in [0.4, 0.5) is 11.6 Å². The molecule has 2 atom stereocenters. The van der Waals surface area contributed by atoms with Crippen LogP contribution < -0.4 is 10.2 Å². The van der Waals surface area contributed by atoms with Crippen LogP contribution in [0.25, 0.3) is 0 Å². The molecule has 1 aliphatic heterocycles. The van der Waals surface area contributed by atoms with Crippen molar-refractivity contribution in [2.45, 2.75) is 31.4 Å². The Bertz CT molecular complexity index is 439. The van der Waals surface area contributed by atoms with Crippen LogP contribution in [0.15, 0.2) is 12.4 Å². The number of methoxy groups -OCH3 is 1. The first-order valence-electron chi connectivity index (χ1n) is 7.29. The predicted molar refractivity (Wildman–Crippen MR) is 83.6 cm³/mol. The number of ether oxygens (including phenoxy) is 1. The lowest BCUT2D eigenvalue weighted by atomic mass is 10.2. The van der Waals surface area contributed by atoms with Crippen molar-refractivity contribution < 1.29 is 4.74 Å². The van der Waals surface area contributed by atoms with Gasteiger partial charge < -0.3 is 15.0 Å². The Morgan fingerprint density at radius 2 is 2.15 bits per heavy atom. The molecule has 1 saturated carbocycles. The van der Waals surface area contributed by atoms with E-state index in [4.69, 9.17) is 4.74 Å². The largest absolute Gasteiger partial charge is 0.381 e. The minimum atomic E-state index is 0.396. The number of anilines is 2. The van der Waals surface area contributed by atoms with Crippen LogP contribution >= 0.6 is 11.8 Å². The molecule has 2 heterocycles. The van der Waals surface area contributed by atoms with Crippen molar-refractivity contribution in [3.05, 3.63) is 12.4 Å². The van der Waals surface area contributed by atoms with Gasteiger partial charge in [0.1, 0.15) is 18.0 Å². The number of nitrogens with one attached hydrogen (secondary N) is 1. The summed E-state index contributed by atoms with van der Waals surface area (Å²) in [5.74, 6) is 4.36. The van der Waals surface area contributed by atoms with Crippen molar-refractivity contribution in [1.29, 1.82) is 0 Å². The van der Waals surface area contributed by atoms with Gasteiger partial charge in [0.25, 0.3) is 0 Å². The summed E-state index contributed by atoms with van der Waals surface area (Å²) in [6.07, 6.45) is 5.42. The normalized spacial score (nSPS) is 26.8. The van der Waals surface area contributed by atoms with Gasteiger partial charge in [0.05, 0.1) is 6.10 Å². The average molecular weight is 294 g/mol. The van der Waals surface area contributed by atoms with Gasteiger partial charge >= 0.3 is 0 Å². The second kappa shape index (κ2) is 6.63. The summed E-state index contributed by atoms with van der Waals surface area (Å²) in [6, 6.07) is 2.55. The predicted octanol–water partition coefficient (Wildman–Crippen LogP) is 2.01. The van der Waals surface area contributed by atoms with Gasteiger partial charge in [-0.3, -0.25) is 0 Å². The van der Waals surface area contributed by atoms with Crippen LogP contribution in [-0.2, 0) is 4.74 Å². The molecule has 0 unspecified atom stereocenters. The Balaban J connectivity index is 1.62. The van der Waals surface area contributed by atoms with Gasteiger partial charge in [-0.05, 0) is 19.3 Å². The molecule has 2 aliphatic rings. The van der Waals surface area contributed by atoms with Crippen molar-refractivity contribution in [3.63, 3.8) is 0 Å². The monoisotopic (exact) mass is 294 g/mol. The quantitative estimate of drug-likeness (QED) is 0.917. The number of rotatable bonds is 4. The minimum Gasteiger partial charge on any atom is -0.381 e. The van der Waals surface area contributed by atoms with Crippen LogP contribution in [0.5, 0.6) is 0 Å². The molecule has 1 aromatic heterocycles. The molecule has 0 aromatic carbocycles. The Hall–Kier alpha value is -1.01. The summed E-state index contributed by atoms with van der Waals surface area (Å²) in [4.78, 5) is 11.1. The molecule has 3 rings (SSSR count). The highest BCUT2D eigenvalue weighted by Crippen LogP contribution is 2.25. The number of hydrogen-bond donors (Lipinski definition) is 1. The molecule has 0 bridgehead atoms. The zero-order chi connectivity index (χ0) is 13.8. The Morgan fingerprint density at radius 1 is 1.30 bits per heavy atom. The first kappa shape index (κ1) is 13.9. The third-order valence-electron chi connectivity index (χ3n) is 4.06. The lowest BCUT2D eigenvalue weighted by molar-refractivity contribution is 0.108. The molecule has 20 heavy (non-hydrogen) atoms. The first-order chi connectivity index (χ1) is 9.85. The van der Waals surface area contributed by atoms with E-state index in [0.29, 0.717) is 12.1 Å². The van der Waals surface area contributed by atoms with E-state index in [1.165, 1.54) is 11.5 Å². The van der Waals surface area contributed by atoms with E-state index in [-0.39, 0.29) is 0 Å². The van der Waals surface area contributed by atoms with E-state index < -0.39 is 0 Å². The summed E-state index contributed by atoms with van der Waals surface area (Å²) in [7, 11) is 1.80. The van der Waals surface area contributed by atoms with Crippen LogP contribution in [0.3, 0.4) is 0 Å². The van der Waals surface area contributed by atoms with E-state index in [1.54, 1.807) is 13.4 Å². The second-order valence-corrected chi connectivity index (χ2v) is 6.60. The maximum Gasteiger partial charge on any atom is 0.134 e. The van der Waals surface area contributed by atoms with Crippen LogP contribution in [0, 0.1) is 0 Å². The average Bonchev–Trinajstić information content (AvgIpc) is 2.96. The van der Waals surface area contributed by atoms with Crippen molar-refractivity contribution in [3.8, 4) is 0 Å². The number of hydrogen-bond acceptors (Lipinski definition) is 6. The zero-order valence-corrected chi connectivity index (χ0v) is 12.7. The Labute approximate surface area is 124 Å². The molecular weight excluding hydrogens is 272 g/mol. The summed E-state index contributed by atoms with van der Waals surface area (Å²) >= 11 is 2.01. The van der Waals surface area contributed by atoms with Crippen LogP contribution in [-0.4, -0.2) is 53.8 Å². The molecule has 1 aromatic rings. The van der Waals surface area contributed by atoms with E-state index in [0.717, 1.165) is 44.0 Å². The molecule has 1 aliphatic carbocycles. The third kappa shape index (κ3) is 3.35. The third-order valence-corrected chi connectivity index (χ3v) is 5.00. The van der Waals surface area contributed by atoms with E-state index >= 15 is 0 Å². The van der Waals surface area contributed by atoms with E-state index in [2.05, 4.69) is 26.3 Å². The van der Waals surface area contributed by atoms with Gasteiger partial charge in [-0.15, -0.1) is 0 Å². The lowest BCUT2D eigenvalue weighted by Gasteiger charge is -2.27. The first-order valence-corrected chi connectivity index (χ1v) is 8.44. The maximum atomic E-state index is 5.41. The fourth-order valence-corrected chi connectivity index (χ4v) is 3.79. The molecule has 1 saturated heterocycles. The van der Waals surface area contributed by atoms with Gasteiger partial charge in [-0.2, -0.15) is 11.8 Å². The molecule has 0 spiro atoms. The highest BCUT2D eigenvalue weighted by atomic mass is 32.2. The summed E-state index contributed by atoms with van der Waals surface area (Å²) in [5.41, 5.74) is 0. The summed E-state index contributed by atoms with van der Waals surface area (Å²) in [5, 5.41) is 3.52. The second-order valence-electron chi connectivity index (χ2n) is 5.37. The molecule has 6 heteroatoms. The van der Waals surface area contributed by atoms with Crippen molar-refractivity contribution in [2.24, 2.45) is 0 Å². The minimum absolute atomic E-state index is 0.396. The summed E-state index contributed by atoms with van der Waals surface area (Å²) < 4.78 is 5.41. The molecular formula is C14H22N4OS. The zero-order valence-electron chi connectivity index (χ0n) is 11.9. The van der Waals surface area contributed by atoms with Crippen LogP contribution in [0.1, 0.15) is 19.3 Å². The van der Waals surface area contributed by atoms with Crippen LogP contribution in [0.2, 0.25) is 0 Å². The molecule has 0 amide bonds. The molecule has 2 fully saturated rings. The molecule has 5 nitrogen and oxygen atoms in total. The van der Waals surface area contributed by atoms with Gasteiger partial charge in [0.15, 0.2) is 0 Å². The number of thioether (sulfide) groups is 1. The fraction of sp³-hybridized carbons (Fsp3) is 0.714. The van der Waals surface area contributed by atoms with Crippen molar-refractivity contribution in [2.75, 3.05) is 41.9 Å². The lowest BCUT2D eigenvalue weighted by Crippen LogP contribution is -2.33. The standard InChI is InChI=1S/C14H22N4OS/c1-19-12-3-2-11(8-12)17-13-9-14(16-10-15-13)18-4-6-20-7-5-18/h9-12H,2-8H2,1H3,(H,15,16,17)/t11-,12+/m1/s1. The molecule has 110 valence electrons. The van der Waals surface area contributed by atoms with E-state index in [1.807, 2.05) is 11.8 Å². The molecule has 1 N–H and O–H groups in total. The summed E-state index contributed by atoms with van der Waals surface area (Å²) in [6.45, 7) is 2.16. The highest BCUT2D eigenvalue weighted by Gasteiger charge is 2.24. The maximum absolute atomic E-state index is 5.41. The Morgan fingerprint density at radius 3 is 2.90 bits per heavy atom. The molecule has 0 radical (unpaired) electrons. The van der Waals surface area contributed by atoms with Crippen molar-refractivity contribution in [1.82, 2.24) is 9.97 Å². The SMILES string of the molecule is CO[C@H]1CC[C@@H](Nc2cc(N3CCSCC3)ncn2)C1. The van der Waals surface area contributed by atoms with Gasteiger partial charge in [0, 0.05) is 43.8 Å². The van der Waals surface area contributed by atoms with Gasteiger partial charge in [-0.1, -0.05) is 0 Å². The van der Waals surface area contributed by atoms with Gasteiger partial charge in [-0.25, -0.2) is 9.97 Å². The van der Waals surface area contributed by atoms with Crippen molar-refractivity contribution >= 4 is 23.4 Å². The van der Waals surface area contributed by atoms with Gasteiger partial charge in [0.2, 0.25) is 0 Å². The number of nitrogens with zero attached hydrogens (tertiary/aromatic N) is 3. The van der Waals surface area contributed by atoms with E-state index in [9.17, 15) is 0 Å².